The molecule has 2 aliphatic rings. The molecular weight excluding hydrogens is 198 g/mol. The van der Waals surface area contributed by atoms with Gasteiger partial charge in [0.2, 0.25) is 0 Å². The van der Waals surface area contributed by atoms with Gasteiger partial charge in [0.05, 0.1) is 12.6 Å². The Bertz CT molecular complexity index is 249. The predicted octanol–water partition coefficient (Wildman–Crippen LogP) is 3.10. The highest BCUT2D eigenvalue weighted by atomic mass is 16.5. The Balaban J connectivity index is 1.96. The Morgan fingerprint density at radius 2 is 2.31 bits per heavy atom. The van der Waals surface area contributed by atoms with Gasteiger partial charge in [-0.3, -0.25) is 0 Å². The number of likely N-dealkylation sites (N-methyl/N-ethyl adjacent to an activating group) is 1. The van der Waals surface area contributed by atoms with Gasteiger partial charge in [0.25, 0.3) is 0 Å². The molecule has 2 rings (SSSR count). The van der Waals surface area contributed by atoms with Crippen molar-refractivity contribution in [1.82, 2.24) is 5.32 Å². The highest BCUT2D eigenvalue weighted by Crippen LogP contribution is 2.37. The second-order valence-electron chi connectivity index (χ2n) is 5.13. The number of hydrogen-bond donors (Lipinski definition) is 1. The van der Waals surface area contributed by atoms with Gasteiger partial charge in [0.1, 0.15) is 5.76 Å². The maximum atomic E-state index is 5.75. The molecule has 0 amide bonds. The Morgan fingerprint density at radius 3 is 2.88 bits per heavy atom. The Labute approximate surface area is 99.4 Å². The first kappa shape index (κ1) is 12.0. The van der Waals surface area contributed by atoms with E-state index in [4.69, 9.17) is 4.74 Å². The SMILES string of the molecule is CCNC(C1=CCCO1)C1CCC(CC)C1. The molecule has 0 radical (unpaired) electrons. The van der Waals surface area contributed by atoms with Crippen LogP contribution in [0.4, 0.5) is 0 Å². The van der Waals surface area contributed by atoms with Crippen LogP contribution in [0.1, 0.15) is 46.0 Å². The van der Waals surface area contributed by atoms with E-state index < -0.39 is 0 Å². The Kier molecular flexibility index (Phi) is 4.28. The van der Waals surface area contributed by atoms with E-state index >= 15 is 0 Å². The topological polar surface area (TPSA) is 21.3 Å². The van der Waals surface area contributed by atoms with Crippen molar-refractivity contribution >= 4 is 0 Å². The van der Waals surface area contributed by atoms with E-state index in [2.05, 4.69) is 25.2 Å². The lowest BCUT2D eigenvalue weighted by atomic mass is 9.94. The lowest BCUT2D eigenvalue weighted by Gasteiger charge is -2.25. The Hall–Kier alpha value is -0.500. The third-order valence-electron chi connectivity index (χ3n) is 4.09. The molecule has 1 aliphatic heterocycles. The average Bonchev–Trinajstić information content (AvgIpc) is 2.97. The molecule has 0 aromatic heterocycles. The monoisotopic (exact) mass is 223 g/mol. The van der Waals surface area contributed by atoms with Gasteiger partial charge in [-0.2, -0.15) is 0 Å². The lowest BCUT2D eigenvalue weighted by molar-refractivity contribution is 0.192. The van der Waals surface area contributed by atoms with Crippen LogP contribution < -0.4 is 5.32 Å². The summed E-state index contributed by atoms with van der Waals surface area (Å²) < 4.78 is 5.75. The molecule has 92 valence electrons. The van der Waals surface area contributed by atoms with Crippen LogP contribution in [0, 0.1) is 11.8 Å². The van der Waals surface area contributed by atoms with Gasteiger partial charge in [-0.15, -0.1) is 0 Å². The normalized spacial score (nSPS) is 31.2. The summed E-state index contributed by atoms with van der Waals surface area (Å²) in [5.74, 6) is 2.98. The molecular formula is C14H25NO. The maximum Gasteiger partial charge on any atom is 0.109 e. The summed E-state index contributed by atoms with van der Waals surface area (Å²) in [6.07, 6.45) is 8.89. The van der Waals surface area contributed by atoms with E-state index in [9.17, 15) is 0 Å². The van der Waals surface area contributed by atoms with Crippen LogP contribution in [0.3, 0.4) is 0 Å². The van der Waals surface area contributed by atoms with E-state index in [0.717, 1.165) is 31.4 Å². The summed E-state index contributed by atoms with van der Waals surface area (Å²) in [6.45, 7) is 6.44. The highest BCUT2D eigenvalue weighted by molar-refractivity contribution is 5.10. The number of ether oxygens (including phenoxy) is 1. The van der Waals surface area contributed by atoms with Crippen LogP contribution in [0.5, 0.6) is 0 Å². The molecule has 1 saturated carbocycles. The second-order valence-corrected chi connectivity index (χ2v) is 5.13. The molecule has 0 bridgehead atoms. The minimum absolute atomic E-state index is 0.490. The van der Waals surface area contributed by atoms with E-state index in [0.29, 0.717) is 6.04 Å². The smallest absolute Gasteiger partial charge is 0.109 e. The average molecular weight is 223 g/mol. The zero-order valence-electron chi connectivity index (χ0n) is 10.7. The van der Waals surface area contributed by atoms with Crippen LogP contribution >= 0.6 is 0 Å². The third-order valence-corrected chi connectivity index (χ3v) is 4.09. The zero-order valence-corrected chi connectivity index (χ0v) is 10.7. The van der Waals surface area contributed by atoms with Crippen LogP contribution in [-0.2, 0) is 4.74 Å². The van der Waals surface area contributed by atoms with Crippen LogP contribution in [0.15, 0.2) is 11.8 Å². The lowest BCUT2D eigenvalue weighted by Crippen LogP contribution is -2.37. The first-order chi connectivity index (χ1) is 7.85. The standard InChI is InChI=1S/C14H25NO/c1-3-11-7-8-12(10-11)14(15-4-2)13-6-5-9-16-13/h6,11-12,14-15H,3-5,7-10H2,1-2H3. The van der Waals surface area contributed by atoms with Crippen molar-refractivity contribution < 1.29 is 4.74 Å². The van der Waals surface area contributed by atoms with Crippen LogP contribution in [0.25, 0.3) is 0 Å². The van der Waals surface area contributed by atoms with Crippen molar-refractivity contribution in [3.05, 3.63) is 11.8 Å². The molecule has 1 aliphatic carbocycles. The van der Waals surface area contributed by atoms with Gasteiger partial charge in [-0.05, 0) is 37.3 Å². The highest BCUT2D eigenvalue weighted by Gasteiger charge is 2.33. The summed E-state index contributed by atoms with van der Waals surface area (Å²) in [4.78, 5) is 0. The molecule has 1 N–H and O–H groups in total. The number of nitrogens with one attached hydrogen (secondary N) is 1. The molecule has 0 aromatic rings. The molecule has 3 unspecified atom stereocenters. The predicted molar refractivity (Wildman–Crippen MR) is 67.2 cm³/mol. The summed E-state index contributed by atoms with van der Waals surface area (Å²) in [7, 11) is 0. The number of hydrogen-bond acceptors (Lipinski definition) is 2. The van der Waals surface area contributed by atoms with Crippen molar-refractivity contribution in [2.24, 2.45) is 11.8 Å². The molecule has 3 atom stereocenters. The molecule has 16 heavy (non-hydrogen) atoms. The van der Waals surface area contributed by atoms with Gasteiger partial charge in [0.15, 0.2) is 0 Å². The fourth-order valence-corrected chi connectivity index (χ4v) is 3.16. The van der Waals surface area contributed by atoms with E-state index in [1.807, 2.05) is 0 Å². The zero-order chi connectivity index (χ0) is 11.4. The minimum Gasteiger partial charge on any atom is -0.496 e. The third kappa shape index (κ3) is 2.60. The summed E-state index contributed by atoms with van der Waals surface area (Å²) in [5.41, 5.74) is 0. The molecule has 2 heteroatoms. The van der Waals surface area contributed by atoms with Gasteiger partial charge < -0.3 is 10.1 Å². The van der Waals surface area contributed by atoms with Crippen molar-refractivity contribution in [1.29, 1.82) is 0 Å². The van der Waals surface area contributed by atoms with Gasteiger partial charge >= 0.3 is 0 Å². The first-order valence-corrected chi connectivity index (χ1v) is 6.91. The molecule has 2 nitrogen and oxygen atoms in total. The van der Waals surface area contributed by atoms with Gasteiger partial charge in [-0.1, -0.05) is 26.7 Å². The molecule has 0 spiro atoms. The van der Waals surface area contributed by atoms with Crippen molar-refractivity contribution in [2.45, 2.75) is 52.0 Å². The largest absolute Gasteiger partial charge is 0.496 e. The summed E-state index contributed by atoms with van der Waals surface area (Å²) in [6, 6.07) is 0.490. The molecule has 1 fully saturated rings. The van der Waals surface area contributed by atoms with E-state index in [1.165, 1.54) is 31.4 Å². The quantitative estimate of drug-likeness (QED) is 0.773. The number of rotatable bonds is 5. The summed E-state index contributed by atoms with van der Waals surface area (Å²) >= 11 is 0. The van der Waals surface area contributed by atoms with E-state index in [1.54, 1.807) is 0 Å². The fraction of sp³-hybridized carbons (Fsp3) is 0.857. The second kappa shape index (κ2) is 5.72. The molecule has 0 saturated heterocycles. The van der Waals surface area contributed by atoms with E-state index in [-0.39, 0.29) is 0 Å². The van der Waals surface area contributed by atoms with Crippen molar-refractivity contribution in [3.8, 4) is 0 Å². The van der Waals surface area contributed by atoms with Gasteiger partial charge in [-0.25, -0.2) is 0 Å². The van der Waals surface area contributed by atoms with Crippen molar-refractivity contribution in [3.63, 3.8) is 0 Å². The fourth-order valence-electron chi connectivity index (χ4n) is 3.16. The molecule has 1 heterocycles. The summed E-state index contributed by atoms with van der Waals surface area (Å²) in [5, 5.41) is 3.62. The first-order valence-electron chi connectivity index (χ1n) is 6.91. The Morgan fingerprint density at radius 1 is 1.44 bits per heavy atom. The minimum atomic E-state index is 0.490. The van der Waals surface area contributed by atoms with Crippen molar-refractivity contribution in [2.75, 3.05) is 13.2 Å². The maximum absolute atomic E-state index is 5.75. The van der Waals surface area contributed by atoms with Crippen LogP contribution in [-0.4, -0.2) is 19.2 Å². The molecule has 0 aromatic carbocycles. The van der Waals surface area contributed by atoms with Crippen LogP contribution in [0.2, 0.25) is 0 Å². The van der Waals surface area contributed by atoms with Gasteiger partial charge in [0, 0.05) is 6.42 Å².